The molecule has 114 valence electrons. The number of nitrogens with one attached hydrogen (secondary N) is 2. The van der Waals surface area contributed by atoms with E-state index < -0.39 is 0 Å². The SMILES string of the molecule is CN=C(NCCC(=O)OC(C)C)NC1CC2CCC1O2. The van der Waals surface area contributed by atoms with Gasteiger partial charge in [-0.15, -0.1) is 0 Å². The summed E-state index contributed by atoms with van der Waals surface area (Å²) in [6, 6.07) is 0.336. The predicted molar refractivity (Wildman–Crippen MR) is 76.6 cm³/mol. The first-order valence-corrected chi connectivity index (χ1v) is 7.40. The number of carbonyl (C=O) groups excluding carboxylic acids is 1. The minimum absolute atomic E-state index is 0.0638. The molecule has 2 N–H and O–H groups in total. The van der Waals surface area contributed by atoms with Crippen molar-refractivity contribution >= 4 is 11.9 Å². The molecular formula is C14H25N3O3. The molecule has 0 aromatic rings. The third-order valence-corrected chi connectivity index (χ3v) is 3.64. The van der Waals surface area contributed by atoms with E-state index in [4.69, 9.17) is 9.47 Å². The highest BCUT2D eigenvalue weighted by atomic mass is 16.5. The van der Waals surface area contributed by atoms with Crippen LogP contribution in [0.4, 0.5) is 0 Å². The Morgan fingerprint density at radius 1 is 1.45 bits per heavy atom. The Labute approximate surface area is 120 Å². The topological polar surface area (TPSA) is 72.0 Å². The van der Waals surface area contributed by atoms with E-state index in [2.05, 4.69) is 15.6 Å². The molecule has 2 heterocycles. The van der Waals surface area contributed by atoms with Crippen molar-refractivity contribution in [2.24, 2.45) is 4.99 Å². The number of esters is 1. The second-order valence-electron chi connectivity index (χ2n) is 5.65. The van der Waals surface area contributed by atoms with Gasteiger partial charge in [-0.1, -0.05) is 0 Å². The normalized spacial score (nSPS) is 28.8. The van der Waals surface area contributed by atoms with Crippen LogP contribution in [-0.4, -0.2) is 49.9 Å². The zero-order chi connectivity index (χ0) is 14.5. The summed E-state index contributed by atoms with van der Waals surface area (Å²) in [7, 11) is 1.73. The van der Waals surface area contributed by atoms with Crippen molar-refractivity contribution in [3.8, 4) is 0 Å². The molecule has 0 spiro atoms. The van der Waals surface area contributed by atoms with Crippen LogP contribution in [0.25, 0.3) is 0 Å². The molecule has 2 rings (SSSR count). The first-order chi connectivity index (χ1) is 9.58. The van der Waals surface area contributed by atoms with Gasteiger partial charge in [0.2, 0.25) is 0 Å². The maximum Gasteiger partial charge on any atom is 0.307 e. The van der Waals surface area contributed by atoms with E-state index in [-0.39, 0.29) is 12.1 Å². The molecule has 2 fully saturated rings. The summed E-state index contributed by atoms with van der Waals surface area (Å²) < 4.78 is 10.9. The van der Waals surface area contributed by atoms with E-state index in [1.54, 1.807) is 7.05 Å². The molecule has 2 bridgehead atoms. The van der Waals surface area contributed by atoms with Crippen LogP contribution >= 0.6 is 0 Å². The van der Waals surface area contributed by atoms with Crippen LogP contribution in [0.1, 0.15) is 39.5 Å². The van der Waals surface area contributed by atoms with Crippen LogP contribution in [0.2, 0.25) is 0 Å². The zero-order valence-corrected chi connectivity index (χ0v) is 12.5. The molecule has 3 unspecified atom stereocenters. The Bertz CT molecular complexity index is 371. The van der Waals surface area contributed by atoms with Crippen molar-refractivity contribution in [1.29, 1.82) is 0 Å². The quantitative estimate of drug-likeness (QED) is 0.444. The molecule has 2 aliphatic rings. The predicted octanol–water partition coefficient (Wildman–Crippen LogP) is 0.813. The second-order valence-corrected chi connectivity index (χ2v) is 5.65. The molecular weight excluding hydrogens is 258 g/mol. The smallest absolute Gasteiger partial charge is 0.307 e. The highest BCUT2D eigenvalue weighted by Crippen LogP contribution is 2.34. The minimum Gasteiger partial charge on any atom is -0.463 e. The highest BCUT2D eigenvalue weighted by molar-refractivity contribution is 5.80. The monoisotopic (exact) mass is 283 g/mol. The van der Waals surface area contributed by atoms with Crippen LogP contribution in [0.15, 0.2) is 4.99 Å². The van der Waals surface area contributed by atoms with E-state index in [1.165, 1.54) is 6.42 Å². The molecule has 2 saturated heterocycles. The van der Waals surface area contributed by atoms with Gasteiger partial charge in [-0.25, -0.2) is 0 Å². The standard InChI is InChI=1S/C14H25N3O3/c1-9(2)19-13(18)6-7-16-14(15-3)17-11-8-10-4-5-12(11)20-10/h9-12H,4-8H2,1-3H3,(H2,15,16,17). The van der Waals surface area contributed by atoms with Crippen molar-refractivity contribution in [2.45, 2.75) is 63.9 Å². The lowest BCUT2D eigenvalue weighted by molar-refractivity contribution is -0.147. The Kier molecular flexibility index (Phi) is 5.23. The van der Waals surface area contributed by atoms with Gasteiger partial charge in [0.05, 0.1) is 30.8 Å². The average Bonchev–Trinajstić information content (AvgIpc) is 2.98. The molecule has 0 aromatic heterocycles. The fourth-order valence-corrected chi connectivity index (χ4v) is 2.76. The van der Waals surface area contributed by atoms with Gasteiger partial charge in [-0.05, 0) is 33.1 Å². The van der Waals surface area contributed by atoms with Crippen LogP contribution in [-0.2, 0) is 14.3 Å². The first kappa shape index (κ1) is 15.1. The van der Waals surface area contributed by atoms with Crippen LogP contribution in [0, 0.1) is 0 Å². The van der Waals surface area contributed by atoms with Gasteiger partial charge in [-0.2, -0.15) is 0 Å². The van der Waals surface area contributed by atoms with Gasteiger partial charge >= 0.3 is 5.97 Å². The van der Waals surface area contributed by atoms with Crippen molar-refractivity contribution in [1.82, 2.24) is 10.6 Å². The number of fused-ring (bicyclic) bond motifs is 2. The van der Waals surface area contributed by atoms with E-state index in [1.807, 2.05) is 13.8 Å². The fourth-order valence-electron chi connectivity index (χ4n) is 2.76. The number of hydrogen-bond donors (Lipinski definition) is 2. The molecule has 0 saturated carbocycles. The number of ether oxygens (including phenoxy) is 2. The van der Waals surface area contributed by atoms with E-state index in [0.29, 0.717) is 31.2 Å². The fraction of sp³-hybridized carbons (Fsp3) is 0.857. The molecule has 0 aromatic carbocycles. The Balaban J connectivity index is 1.67. The molecule has 6 nitrogen and oxygen atoms in total. The summed E-state index contributed by atoms with van der Waals surface area (Å²) in [6.45, 7) is 4.22. The maximum absolute atomic E-state index is 11.4. The number of rotatable bonds is 5. The molecule has 3 atom stereocenters. The van der Waals surface area contributed by atoms with Gasteiger partial charge in [0.25, 0.3) is 0 Å². The number of guanidine groups is 1. The first-order valence-electron chi connectivity index (χ1n) is 7.40. The Morgan fingerprint density at radius 2 is 2.25 bits per heavy atom. The van der Waals surface area contributed by atoms with Gasteiger partial charge in [0, 0.05) is 13.6 Å². The van der Waals surface area contributed by atoms with Crippen LogP contribution in [0.5, 0.6) is 0 Å². The number of nitrogens with zero attached hydrogens (tertiary/aromatic N) is 1. The Hall–Kier alpha value is -1.30. The average molecular weight is 283 g/mol. The van der Waals surface area contributed by atoms with Gasteiger partial charge < -0.3 is 20.1 Å². The summed E-state index contributed by atoms with van der Waals surface area (Å²) in [5.74, 6) is 0.537. The maximum atomic E-state index is 11.4. The molecule has 0 amide bonds. The lowest BCUT2D eigenvalue weighted by Gasteiger charge is -2.22. The second kappa shape index (κ2) is 6.92. The van der Waals surface area contributed by atoms with Crippen molar-refractivity contribution in [3.63, 3.8) is 0 Å². The summed E-state index contributed by atoms with van der Waals surface area (Å²) in [4.78, 5) is 15.6. The third kappa shape index (κ3) is 4.10. The Morgan fingerprint density at radius 3 is 2.80 bits per heavy atom. The summed E-state index contributed by atoms with van der Waals surface area (Å²) in [5, 5.41) is 6.52. The highest BCUT2D eigenvalue weighted by Gasteiger charge is 2.41. The number of hydrogen-bond acceptors (Lipinski definition) is 4. The molecule has 0 aliphatic carbocycles. The summed E-state index contributed by atoms with van der Waals surface area (Å²) in [6.07, 6.45) is 4.34. The number of aliphatic imine (C=N–C) groups is 1. The van der Waals surface area contributed by atoms with E-state index in [9.17, 15) is 4.79 Å². The van der Waals surface area contributed by atoms with Gasteiger partial charge in [0.15, 0.2) is 5.96 Å². The number of carbonyl (C=O) groups is 1. The van der Waals surface area contributed by atoms with E-state index >= 15 is 0 Å². The van der Waals surface area contributed by atoms with E-state index in [0.717, 1.165) is 18.8 Å². The summed E-state index contributed by atoms with van der Waals surface area (Å²) >= 11 is 0. The van der Waals surface area contributed by atoms with Gasteiger partial charge in [-0.3, -0.25) is 9.79 Å². The van der Waals surface area contributed by atoms with Crippen molar-refractivity contribution in [2.75, 3.05) is 13.6 Å². The minimum atomic E-state index is -0.189. The largest absolute Gasteiger partial charge is 0.463 e. The lowest BCUT2D eigenvalue weighted by atomic mass is 9.96. The summed E-state index contributed by atoms with van der Waals surface area (Å²) in [5.41, 5.74) is 0. The zero-order valence-electron chi connectivity index (χ0n) is 12.5. The molecule has 20 heavy (non-hydrogen) atoms. The van der Waals surface area contributed by atoms with Crippen molar-refractivity contribution in [3.05, 3.63) is 0 Å². The van der Waals surface area contributed by atoms with Crippen LogP contribution in [0.3, 0.4) is 0 Å². The van der Waals surface area contributed by atoms with Crippen molar-refractivity contribution < 1.29 is 14.3 Å². The lowest BCUT2D eigenvalue weighted by Crippen LogP contribution is -2.47. The molecule has 6 heteroatoms. The third-order valence-electron chi connectivity index (χ3n) is 3.64. The van der Waals surface area contributed by atoms with Crippen LogP contribution < -0.4 is 10.6 Å². The molecule has 0 radical (unpaired) electrons. The van der Waals surface area contributed by atoms with Gasteiger partial charge in [0.1, 0.15) is 0 Å². The molecule has 2 aliphatic heterocycles.